The fourth-order valence-electron chi connectivity index (χ4n) is 2.12. The maximum absolute atomic E-state index is 10.7. The number of carbonyl (C=O) groups is 1. The largest absolute Gasteiger partial charge is 0.363 e. The van der Waals surface area contributed by atoms with Crippen molar-refractivity contribution >= 4 is 6.29 Å². The molecule has 0 aliphatic carbocycles. The molecule has 2 nitrogen and oxygen atoms in total. The van der Waals surface area contributed by atoms with Gasteiger partial charge in [0.15, 0.2) is 0 Å². The van der Waals surface area contributed by atoms with Crippen LogP contribution in [0.25, 0.3) is 0 Å². The highest BCUT2D eigenvalue weighted by Crippen LogP contribution is 2.45. The fraction of sp³-hybridized carbons (Fsp3) is 0.667. The van der Waals surface area contributed by atoms with E-state index >= 15 is 0 Å². The second-order valence-electron chi connectivity index (χ2n) is 3.65. The van der Waals surface area contributed by atoms with Gasteiger partial charge in [-0.3, -0.25) is 0 Å². The van der Waals surface area contributed by atoms with E-state index in [1.54, 1.807) is 0 Å². The van der Waals surface area contributed by atoms with Gasteiger partial charge < -0.3 is 9.53 Å². The summed E-state index contributed by atoms with van der Waals surface area (Å²) >= 11 is 0. The summed E-state index contributed by atoms with van der Waals surface area (Å²) in [6.07, 6.45) is 5.27. The second-order valence-corrected chi connectivity index (χ2v) is 3.65. The van der Waals surface area contributed by atoms with Gasteiger partial charge in [-0.25, -0.2) is 0 Å². The number of hydrogen-bond acceptors (Lipinski definition) is 2. The van der Waals surface area contributed by atoms with Crippen LogP contribution < -0.4 is 0 Å². The van der Waals surface area contributed by atoms with E-state index in [2.05, 4.69) is 13.0 Å². The van der Waals surface area contributed by atoms with Crippen molar-refractivity contribution in [2.45, 2.75) is 25.6 Å². The number of rotatable bonds is 1. The van der Waals surface area contributed by atoms with E-state index in [1.807, 2.05) is 13.0 Å². The molecule has 2 heterocycles. The van der Waals surface area contributed by atoms with Crippen molar-refractivity contribution in [1.82, 2.24) is 0 Å². The summed E-state index contributed by atoms with van der Waals surface area (Å²) < 4.78 is 5.63. The average molecular weight is 152 g/mol. The van der Waals surface area contributed by atoms with Gasteiger partial charge in [-0.1, -0.05) is 19.1 Å². The molecule has 2 rings (SSSR count). The summed E-state index contributed by atoms with van der Waals surface area (Å²) in [5, 5.41) is 0. The summed E-state index contributed by atoms with van der Waals surface area (Å²) in [7, 11) is 0. The molecule has 1 fully saturated rings. The van der Waals surface area contributed by atoms with Gasteiger partial charge in [0.2, 0.25) is 0 Å². The standard InChI is InChI=1S/C9H12O2/c1-6-7(5-10)9(2)4-3-8(6)11-9/h3-8H,1-2H3/t6-,7+,8-,9+/m1/s1. The quantitative estimate of drug-likeness (QED) is 0.416. The number of ether oxygens (including phenoxy) is 1. The number of hydrogen-bond donors (Lipinski definition) is 0. The lowest BCUT2D eigenvalue weighted by molar-refractivity contribution is -0.114. The van der Waals surface area contributed by atoms with Gasteiger partial charge in [-0.05, 0) is 12.8 Å². The lowest BCUT2D eigenvalue weighted by atomic mass is 9.78. The average Bonchev–Trinajstić information content (AvgIpc) is 2.42. The zero-order valence-corrected chi connectivity index (χ0v) is 6.78. The minimum Gasteiger partial charge on any atom is -0.363 e. The lowest BCUT2D eigenvalue weighted by Crippen LogP contribution is -2.32. The summed E-state index contributed by atoms with van der Waals surface area (Å²) in [6, 6.07) is 0. The Morgan fingerprint density at radius 2 is 2.36 bits per heavy atom. The Morgan fingerprint density at radius 1 is 1.64 bits per heavy atom. The molecule has 11 heavy (non-hydrogen) atoms. The fourth-order valence-corrected chi connectivity index (χ4v) is 2.12. The maximum atomic E-state index is 10.7. The van der Waals surface area contributed by atoms with Gasteiger partial charge in [0.05, 0.1) is 17.6 Å². The highest BCUT2D eigenvalue weighted by Gasteiger charge is 2.51. The predicted molar refractivity (Wildman–Crippen MR) is 41.1 cm³/mol. The van der Waals surface area contributed by atoms with Crippen molar-refractivity contribution in [2.75, 3.05) is 0 Å². The Bertz CT molecular complexity index is 222. The molecule has 60 valence electrons. The third-order valence-corrected chi connectivity index (χ3v) is 2.90. The van der Waals surface area contributed by atoms with Crippen LogP contribution in [0.3, 0.4) is 0 Å². The van der Waals surface area contributed by atoms with Crippen molar-refractivity contribution in [3.63, 3.8) is 0 Å². The van der Waals surface area contributed by atoms with Gasteiger partial charge in [-0.15, -0.1) is 0 Å². The molecule has 0 saturated carbocycles. The van der Waals surface area contributed by atoms with Crippen LogP contribution in [0.15, 0.2) is 12.2 Å². The molecule has 0 amide bonds. The molecule has 0 unspecified atom stereocenters. The van der Waals surface area contributed by atoms with Gasteiger partial charge >= 0.3 is 0 Å². The van der Waals surface area contributed by atoms with Crippen molar-refractivity contribution in [3.05, 3.63) is 12.2 Å². The van der Waals surface area contributed by atoms with Crippen LogP contribution in [0.5, 0.6) is 0 Å². The molecule has 2 bridgehead atoms. The zero-order chi connectivity index (χ0) is 8.06. The minimum atomic E-state index is -0.300. The van der Waals surface area contributed by atoms with Crippen molar-refractivity contribution in [1.29, 1.82) is 0 Å². The van der Waals surface area contributed by atoms with E-state index in [-0.39, 0.29) is 17.6 Å². The third kappa shape index (κ3) is 0.732. The van der Waals surface area contributed by atoms with Crippen LogP contribution in [0.1, 0.15) is 13.8 Å². The van der Waals surface area contributed by atoms with Crippen LogP contribution in [-0.2, 0) is 9.53 Å². The molecular formula is C9H12O2. The molecule has 1 saturated heterocycles. The molecule has 2 aliphatic rings. The van der Waals surface area contributed by atoms with Crippen molar-refractivity contribution in [3.8, 4) is 0 Å². The molecule has 2 aliphatic heterocycles. The van der Waals surface area contributed by atoms with Crippen LogP contribution in [0.4, 0.5) is 0 Å². The minimum absolute atomic E-state index is 0.0532. The highest BCUT2D eigenvalue weighted by molar-refractivity contribution is 5.59. The Kier molecular flexibility index (Phi) is 1.25. The maximum Gasteiger partial charge on any atom is 0.126 e. The van der Waals surface area contributed by atoms with Crippen molar-refractivity contribution in [2.24, 2.45) is 11.8 Å². The molecule has 4 atom stereocenters. The zero-order valence-electron chi connectivity index (χ0n) is 6.78. The normalized spacial score (nSPS) is 53.5. The van der Waals surface area contributed by atoms with Crippen molar-refractivity contribution < 1.29 is 9.53 Å². The third-order valence-electron chi connectivity index (χ3n) is 2.90. The Morgan fingerprint density at radius 3 is 2.73 bits per heavy atom. The molecule has 0 radical (unpaired) electrons. The molecule has 2 heteroatoms. The molecule has 0 aromatic carbocycles. The molecule has 0 aromatic rings. The Balaban J connectivity index is 2.36. The summed E-state index contributed by atoms with van der Waals surface area (Å²) in [5.41, 5.74) is -0.300. The number of aldehydes is 1. The van der Waals surface area contributed by atoms with Gasteiger partial charge in [0.25, 0.3) is 0 Å². The lowest BCUT2D eigenvalue weighted by Gasteiger charge is -2.23. The van der Waals surface area contributed by atoms with E-state index in [0.717, 1.165) is 6.29 Å². The van der Waals surface area contributed by atoms with Gasteiger partial charge in [-0.2, -0.15) is 0 Å². The van der Waals surface area contributed by atoms with E-state index in [4.69, 9.17) is 4.74 Å². The summed E-state index contributed by atoms with van der Waals surface area (Å²) in [4.78, 5) is 10.7. The topological polar surface area (TPSA) is 26.3 Å². The second kappa shape index (κ2) is 1.95. The first-order valence-electron chi connectivity index (χ1n) is 4.00. The Labute approximate surface area is 66.2 Å². The van der Waals surface area contributed by atoms with Crippen LogP contribution in [0, 0.1) is 11.8 Å². The van der Waals surface area contributed by atoms with Gasteiger partial charge in [0, 0.05) is 0 Å². The Hall–Kier alpha value is -0.630. The number of carbonyl (C=O) groups excluding carboxylic acids is 1. The van der Waals surface area contributed by atoms with Crippen LogP contribution in [0.2, 0.25) is 0 Å². The van der Waals surface area contributed by atoms with Gasteiger partial charge in [0.1, 0.15) is 6.29 Å². The summed E-state index contributed by atoms with van der Waals surface area (Å²) in [5.74, 6) is 0.403. The van der Waals surface area contributed by atoms with Crippen LogP contribution in [-0.4, -0.2) is 18.0 Å². The molecule has 0 aromatic heterocycles. The first-order valence-corrected chi connectivity index (χ1v) is 4.00. The molecule has 0 N–H and O–H groups in total. The first kappa shape index (κ1) is 7.04. The highest BCUT2D eigenvalue weighted by atomic mass is 16.5. The van der Waals surface area contributed by atoms with Crippen LogP contribution >= 0.6 is 0 Å². The van der Waals surface area contributed by atoms with E-state index in [0.29, 0.717) is 5.92 Å². The van der Waals surface area contributed by atoms with E-state index in [9.17, 15) is 4.79 Å². The monoisotopic (exact) mass is 152 g/mol. The smallest absolute Gasteiger partial charge is 0.126 e. The van der Waals surface area contributed by atoms with E-state index in [1.165, 1.54) is 0 Å². The predicted octanol–water partition coefficient (Wildman–Crippen LogP) is 1.16. The SMILES string of the molecule is C[C@H]1[C@H]2C=C[C@](C)(O2)[C@H]1C=O. The molecular weight excluding hydrogens is 140 g/mol. The summed E-state index contributed by atoms with van der Waals surface area (Å²) in [6.45, 7) is 4.05. The number of fused-ring (bicyclic) bond motifs is 2. The van der Waals surface area contributed by atoms with E-state index < -0.39 is 0 Å². The first-order chi connectivity index (χ1) is 5.17. The molecule has 0 spiro atoms.